The molecule has 1 saturated carbocycles. The van der Waals surface area contributed by atoms with Gasteiger partial charge in [0.1, 0.15) is 5.78 Å². The van der Waals surface area contributed by atoms with E-state index in [1.165, 1.54) is 0 Å². The molecule has 2 nitrogen and oxygen atoms in total. The average Bonchev–Trinajstić information content (AvgIpc) is 2.14. The number of hydrogen-bond acceptors (Lipinski definition) is 2. The molecule has 1 aliphatic rings. The van der Waals surface area contributed by atoms with Crippen molar-refractivity contribution in [3.63, 3.8) is 0 Å². The fourth-order valence-electron chi connectivity index (χ4n) is 1.09. The first kappa shape index (κ1) is 5.76. The van der Waals surface area contributed by atoms with E-state index in [-0.39, 0.29) is 0 Å². The summed E-state index contributed by atoms with van der Waals surface area (Å²) in [5.74, 6) is 0.892. The first-order chi connectivity index (χ1) is 3.83. The van der Waals surface area contributed by atoms with Crippen LogP contribution in [0.2, 0.25) is 0 Å². The van der Waals surface area contributed by atoms with Crippen LogP contribution in [0.4, 0.5) is 0 Å². The van der Waals surface area contributed by atoms with E-state index in [2.05, 4.69) is 0 Å². The van der Waals surface area contributed by atoms with Crippen molar-refractivity contribution in [2.75, 3.05) is 6.54 Å². The fourth-order valence-corrected chi connectivity index (χ4v) is 1.09. The zero-order valence-corrected chi connectivity index (χ0v) is 4.89. The maximum absolute atomic E-state index is 10.6. The van der Waals surface area contributed by atoms with Crippen LogP contribution in [-0.4, -0.2) is 12.3 Å². The van der Waals surface area contributed by atoms with Gasteiger partial charge in [0.05, 0.1) is 0 Å². The van der Waals surface area contributed by atoms with Gasteiger partial charge in [0.15, 0.2) is 0 Å². The van der Waals surface area contributed by atoms with Gasteiger partial charge in [-0.2, -0.15) is 0 Å². The molecule has 0 radical (unpaired) electrons. The molecule has 0 aromatic carbocycles. The van der Waals surface area contributed by atoms with Crippen molar-refractivity contribution < 1.29 is 4.79 Å². The Labute approximate surface area is 49.1 Å². The molecule has 0 bridgehead atoms. The van der Waals surface area contributed by atoms with Crippen LogP contribution < -0.4 is 5.73 Å². The molecule has 0 aromatic heterocycles. The summed E-state index contributed by atoms with van der Waals surface area (Å²) in [7, 11) is 0. The Balaban J connectivity index is 2.32. The first-order valence-corrected chi connectivity index (χ1v) is 3.04. The smallest absolute Gasteiger partial charge is 0.133 e. The highest BCUT2D eigenvalue weighted by Crippen LogP contribution is 2.19. The summed E-state index contributed by atoms with van der Waals surface area (Å²) in [4.78, 5) is 10.6. The molecule has 0 aliphatic heterocycles. The number of hydrogen-bond donors (Lipinski definition) is 1. The van der Waals surface area contributed by atoms with Crippen LogP contribution in [0.15, 0.2) is 0 Å². The highest BCUT2D eigenvalue weighted by molar-refractivity contribution is 5.80. The summed E-state index contributed by atoms with van der Waals surface area (Å²) >= 11 is 0. The van der Waals surface area contributed by atoms with E-state index in [1.54, 1.807) is 0 Å². The number of nitrogens with two attached hydrogens (primary N) is 1. The summed E-state index contributed by atoms with van der Waals surface area (Å²) < 4.78 is 0. The minimum Gasteiger partial charge on any atom is -0.330 e. The molecular weight excluding hydrogens is 102 g/mol. The Hall–Kier alpha value is -0.370. The quantitative estimate of drug-likeness (QED) is 0.532. The van der Waals surface area contributed by atoms with E-state index in [0.717, 1.165) is 19.3 Å². The summed E-state index contributed by atoms with van der Waals surface area (Å²) in [6.07, 6.45) is 2.52. The molecule has 46 valence electrons. The monoisotopic (exact) mass is 113 g/mol. The maximum atomic E-state index is 10.6. The Morgan fingerprint density at radius 3 is 2.75 bits per heavy atom. The fraction of sp³-hybridized carbons (Fsp3) is 0.833. The average molecular weight is 113 g/mol. The van der Waals surface area contributed by atoms with Gasteiger partial charge in [-0.15, -0.1) is 0 Å². The van der Waals surface area contributed by atoms with Gasteiger partial charge in [-0.25, -0.2) is 0 Å². The molecule has 1 atom stereocenters. The SMILES string of the molecule is NC[C@H]1CCC(=O)C1. The third kappa shape index (κ3) is 1.07. The van der Waals surface area contributed by atoms with Gasteiger partial charge < -0.3 is 5.73 Å². The lowest BCUT2D eigenvalue weighted by Gasteiger charge is -1.98. The molecule has 0 aromatic rings. The minimum atomic E-state index is 0.389. The van der Waals surface area contributed by atoms with Crippen molar-refractivity contribution in [2.45, 2.75) is 19.3 Å². The second-order valence-electron chi connectivity index (χ2n) is 2.38. The number of ketones is 1. The molecule has 1 fully saturated rings. The second-order valence-corrected chi connectivity index (χ2v) is 2.38. The molecule has 2 heteroatoms. The number of Topliss-reactive ketones (excluding diaryl/α,β-unsaturated/α-hetero) is 1. The van der Waals surface area contributed by atoms with Crippen LogP contribution in [0.1, 0.15) is 19.3 Å². The van der Waals surface area contributed by atoms with Crippen molar-refractivity contribution in [1.29, 1.82) is 0 Å². The van der Waals surface area contributed by atoms with Crippen molar-refractivity contribution in [1.82, 2.24) is 0 Å². The highest BCUT2D eigenvalue weighted by Gasteiger charge is 2.19. The molecule has 1 rings (SSSR count). The van der Waals surface area contributed by atoms with Crippen LogP contribution in [0.25, 0.3) is 0 Å². The zero-order valence-electron chi connectivity index (χ0n) is 4.89. The van der Waals surface area contributed by atoms with Crippen molar-refractivity contribution in [3.8, 4) is 0 Å². The molecule has 1 aliphatic carbocycles. The van der Waals surface area contributed by atoms with Gasteiger partial charge in [-0.05, 0) is 18.9 Å². The normalized spacial score (nSPS) is 29.1. The summed E-state index contributed by atoms with van der Waals surface area (Å²) in [6, 6.07) is 0. The largest absolute Gasteiger partial charge is 0.330 e. The van der Waals surface area contributed by atoms with E-state index in [0.29, 0.717) is 18.2 Å². The third-order valence-corrected chi connectivity index (χ3v) is 1.68. The molecule has 0 heterocycles. The van der Waals surface area contributed by atoms with Crippen molar-refractivity contribution in [3.05, 3.63) is 0 Å². The molecular formula is C6H11NO. The Morgan fingerprint density at radius 2 is 2.50 bits per heavy atom. The van der Waals surface area contributed by atoms with Gasteiger partial charge in [0.2, 0.25) is 0 Å². The minimum absolute atomic E-state index is 0.389. The molecule has 8 heavy (non-hydrogen) atoms. The summed E-state index contributed by atoms with van der Waals surface area (Å²) in [6.45, 7) is 0.686. The summed E-state index contributed by atoms with van der Waals surface area (Å²) in [5.41, 5.74) is 5.34. The van der Waals surface area contributed by atoms with Crippen LogP contribution in [0.5, 0.6) is 0 Å². The standard InChI is InChI=1S/C6H11NO/c7-4-5-1-2-6(8)3-5/h5H,1-4,7H2/t5-/m0/s1. The maximum Gasteiger partial charge on any atom is 0.133 e. The van der Waals surface area contributed by atoms with Crippen LogP contribution >= 0.6 is 0 Å². The van der Waals surface area contributed by atoms with E-state index >= 15 is 0 Å². The van der Waals surface area contributed by atoms with Crippen molar-refractivity contribution in [2.24, 2.45) is 11.7 Å². The molecule has 0 unspecified atom stereocenters. The van der Waals surface area contributed by atoms with E-state index in [4.69, 9.17) is 5.73 Å². The van der Waals surface area contributed by atoms with Crippen LogP contribution in [0.3, 0.4) is 0 Å². The first-order valence-electron chi connectivity index (χ1n) is 3.04. The Morgan fingerprint density at radius 1 is 1.75 bits per heavy atom. The van der Waals surface area contributed by atoms with Crippen LogP contribution in [-0.2, 0) is 4.79 Å². The molecule has 0 spiro atoms. The van der Waals surface area contributed by atoms with E-state index < -0.39 is 0 Å². The highest BCUT2D eigenvalue weighted by atomic mass is 16.1. The predicted octanol–water partition coefficient (Wildman–Crippen LogP) is 0.314. The van der Waals surface area contributed by atoms with Crippen molar-refractivity contribution >= 4 is 5.78 Å². The van der Waals surface area contributed by atoms with Gasteiger partial charge in [0.25, 0.3) is 0 Å². The van der Waals surface area contributed by atoms with E-state index in [9.17, 15) is 4.79 Å². The summed E-state index contributed by atoms with van der Waals surface area (Å²) in [5, 5.41) is 0. The lowest BCUT2D eigenvalue weighted by atomic mass is 10.1. The molecule has 2 N–H and O–H groups in total. The topological polar surface area (TPSA) is 43.1 Å². The van der Waals surface area contributed by atoms with Gasteiger partial charge in [-0.3, -0.25) is 4.79 Å². The predicted molar refractivity (Wildman–Crippen MR) is 31.4 cm³/mol. The molecule has 0 saturated heterocycles. The Bertz CT molecular complexity index is 101. The van der Waals surface area contributed by atoms with Gasteiger partial charge in [-0.1, -0.05) is 0 Å². The van der Waals surface area contributed by atoms with Gasteiger partial charge >= 0.3 is 0 Å². The number of rotatable bonds is 1. The number of carbonyl (C=O) groups excluding carboxylic acids is 1. The lowest BCUT2D eigenvalue weighted by molar-refractivity contribution is -0.117. The number of carbonyl (C=O) groups is 1. The Kier molecular flexibility index (Phi) is 1.63. The lowest BCUT2D eigenvalue weighted by Crippen LogP contribution is -2.10. The molecule has 0 amide bonds. The van der Waals surface area contributed by atoms with E-state index in [1.807, 2.05) is 0 Å². The third-order valence-electron chi connectivity index (χ3n) is 1.68. The zero-order chi connectivity index (χ0) is 5.98. The van der Waals surface area contributed by atoms with Gasteiger partial charge in [0, 0.05) is 12.8 Å². The second kappa shape index (κ2) is 2.27. The van der Waals surface area contributed by atoms with Crippen LogP contribution in [0, 0.1) is 5.92 Å².